The van der Waals surface area contributed by atoms with Crippen LogP contribution in [0.15, 0.2) is 12.1 Å². The average molecular weight is 385 g/mol. The van der Waals surface area contributed by atoms with E-state index in [4.69, 9.17) is 0 Å². The van der Waals surface area contributed by atoms with Crippen LogP contribution in [0.3, 0.4) is 0 Å². The lowest BCUT2D eigenvalue weighted by Crippen LogP contribution is -2.25. The lowest BCUT2D eigenvalue weighted by molar-refractivity contribution is 0.461. The Labute approximate surface area is 174 Å². The van der Waals surface area contributed by atoms with Crippen molar-refractivity contribution in [2.24, 2.45) is 0 Å². The molecule has 2 fully saturated rings. The molecule has 2 N–H and O–H groups in total. The van der Waals surface area contributed by atoms with Crippen LogP contribution in [0.5, 0.6) is 0 Å². The lowest BCUT2D eigenvalue weighted by Gasteiger charge is -2.29. The molecule has 1 aromatic carbocycles. The van der Waals surface area contributed by atoms with Crippen molar-refractivity contribution in [2.75, 3.05) is 10.6 Å². The number of hydrogen-bond acceptors (Lipinski definition) is 2. The molecule has 0 unspecified atom stereocenters. The zero-order chi connectivity index (χ0) is 19.6. The highest BCUT2D eigenvalue weighted by molar-refractivity contribution is 5.66. The Balaban J connectivity index is 1.83. The van der Waals surface area contributed by atoms with Crippen LogP contribution in [0.4, 0.5) is 11.4 Å². The van der Waals surface area contributed by atoms with Gasteiger partial charge in [0.1, 0.15) is 0 Å². The van der Waals surface area contributed by atoms with Crippen LogP contribution in [-0.2, 0) is 12.8 Å². The maximum atomic E-state index is 3.98. The highest BCUT2D eigenvalue weighted by Crippen LogP contribution is 2.33. The Hall–Kier alpha value is -1.18. The summed E-state index contributed by atoms with van der Waals surface area (Å²) in [6.07, 6.45) is 21.4. The molecule has 0 heterocycles. The fourth-order valence-corrected chi connectivity index (χ4v) is 5.05. The topological polar surface area (TPSA) is 24.1 Å². The van der Waals surface area contributed by atoms with Crippen LogP contribution in [0.25, 0.3) is 0 Å². The van der Waals surface area contributed by atoms with Crippen LogP contribution < -0.4 is 10.6 Å². The molecule has 2 aliphatic rings. The molecule has 2 heteroatoms. The number of anilines is 2. The first-order valence-electron chi connectivity index (χ1n) is 12.5. The van der Waals surface area contributed by atoms with Gasteiger partial charge >= 0.3 is 0 Å². The summed E-state index contributed by atoms with van der Waals surface area (Å²) in [5.41, 5.74) is 5.98. The Bertz CT molecular complexity index is 521. The third-order valence-corrected chi connectivity index (χ3v) is 6.86. The van der Waals surface area contributed by atoms with E-state index in [1.807, 2.05) is 0 Å². The molecule has 28 heavy (non-hydrogen) atoms. The zero-order valence-corrected chi connectivity index (χ0v) is 18.6. The van der Waals surface area contributed by atoms with Crippen molar-refractivity contribution in [3.63, 3.8) is 0 Å². The Morgan fingerprint density at radius 2 is 1.07 bits per heavy atom. The van der Waals surface area contributed by atoms with E-state index in [2.05, 4.69) is 36.6 Å². The SMILES string of the molecule is CCCCc1cc(CCCC)c(NC2CCCCC2)cc1NC1CCCCC1. The van der Waals surface area contributed by atoms with Crippen molar-refractivity contribution in [3.8, 4) is 0 Å². The molecule has 0 amide bonds. The van der Waals surface area contributed by atoms with Gasteiger partial charge in [-0.05, 0) is 68.6 Å². The minimum atomic E-state index is 0.679. The smallest absolute Gasteiger partial charge is 0.0395 e. The summed E-state index contributed by atoms with van der Waals surface area (Å²) in [4.78, 5) is 0. The van der Waals surface area contributed by atoms with Gasteiger partial charge in [-0.15, -0.1) is 0 Å². The van der Waals surface area contributed by atoms with Crippen molar-refractivity contribution in [2.45, 2.75) is 129 Å². The maximum Gasteiger partial charge on any atom is 0.0395 e. The third-order valence-electron chi connectivity index (χ3n) is 6.86. The first-order valence-corrected chi connectivity index (χ1v) is 12.5. The standard InChI is InChI=1S/C26H44N2/c1-3-5-13-21-19-22(14-6-4-2)26(28-24-17-11-8-12-18-24)20-25(21)27-23-15-9-7-10-16-23/h19-20,23-24,27-28H,3-18H2,1-2H3. The monoisotopic (exact) mass is 384 g/mol. The second kappa shape index (κ2) is 11.7. The third kappa shape index (κ3) is 6.42. The van der Waals surface area contributed by atoms with E-state index in [0.717, 1.165) is 0 Å². The largest absolute Gasteiger partial charge is 0.382 e. The van der Waals surface area contributed by atoms with E-state index in [0.29, 0.717) is 12.1 Å². The number of unbranched alkanes of at least 4 members (excludes halogenated alkanes) is 2. The van der Waals surface area contributed by atoms with Crippen LogP contribution in [0.2, 0.25) is 0 Å². The lowest BCUT2D eigenvalue weighted by atomic mass is 9.92. The molecule has 0 bridgehead atoms. The fourth-order valence-electron chi connectivity index (χ4n) is 5.05. The predicted octanol–water partition coefficient (Wildman–Crippen LogP) is 7.86. The number of hydrogen-bond donors (Lipinski definition) is 2. The van der Waals surface area contributed by atoms with Crippen molar-refractivity contribution < 1.29 is 0 Å². The Kier molecular flexibility index (Phi) is 9.02. The van der Waals surface area contributed by atoms with Crippen LogP contribution >= 0.6 is 0 Å². The average Bonchev–Trinajstić information content (AvgIpc) is 2.74. The molecule has 0 radical (unpaired) electrons. The van der Waals surface area contributed by atoms with Gasteiger partial charge in [0.05, 0.1) is 0 Å². The molecular weight excluding hydrogens is 340 g/mol. The molecule has 1 aromatic rings. The highest BCUT2D eigenvalue weighted by Gasteiger charge is 2.19. The maximum absolute atomic E-state index is 3.98. The van der Waals surface area contributed by atoms with E-state index in [1.54, 1.807) is 11.1 Å². The first-order chi connectivity index (χ1) is 13.8. The summed E-state index contributed by atoms with van der Waals surface area (Å²) in [7, 11) is 0. The second-order valence-corrected chi connectivity index (χ2v) is 9.33. The van der Waals surface area contributed by atoms with Crippen molar-refractivity contribution >= 4 is 11.4 Å². The van der Waals surface area contributed by atoms with Gasteiger partial charge in [0.25, 0.3) is 0 Å². The van der Waals surface area contributed by atoms with Crippen LogP contribution in [0, 0.1) is 0 Å². The van der Waals surface area contributed by atoms with Gasteiger partial charge in [-0.1, -0.05) is 71.3 Å². The van der Waals surface area contributed by atoms with E-state index in [-0.39, 0.29) is 0 Å². The van der Waals surface area contributed by atoms with E-state index in [9.17, 15) is 0 Å². The van der Waals surface area contributed by atoms with Crippen molar-refractivity contribution in [1.82, 2.24) is 0 Å². The number of rotatable bonds is 10. The quantitative estimate of drug-likeness (QED) is 0.429. The molecule has 0 spiro atoms. The summed E-state index contributed by atoms with van der Waals surface area (Å²) in [6.45, 7) is 4.62. The number of nitrogens with one attached hydrogen (secondary N) is 2. The predicted molar refractivity (Wildman–Crippen MR) is 125 cm³/mol. The molecule has 2 nitrogen and oxygen atoms in total. The van der Waals surface area contributed by atoms with E-state index < -0.39 is 0 Å². The highest BCUT2D eigenvalue weighted by atomic mass is 15.0. The van der Waals surface area contributed by atoms with E-state index in [1.165, 1.54) is 114 Å². The second-order valence-electron chi connectivity index (χ2n) is 9.33. The van der Waals surface area contributed by atoms with Gasteiger partial charge in [0.2, 0.25) is 0 Å². The molecule has 2 saturated carbocycles. The first kappa shape index (κ1) is 21.5. The molecule has 2 aliphatic carbocycles. The molecule has 158 valence electrons. The summed E-state index contributed by atoms with van der Waals surface area (Å²) < 4.78 is 0. The van der Waals surface area contributed by atoms with Crippen LogP contribution in [0.1, 0.15) is 115 Å². The summed E-state index contributed by atoms with van der Waals surface area (Å²) in [5.74, 6) is 0. The fraction of sp³-hybridized carbons (Fsp3) is 0.769. The van der Waals surface area contributed by atoms with Crippen molar-refractivity contribution in [1.29, 1.82) is 0 Å². The molecule has 0 saturated heterocycles. The zero-order valence-electron chi connectivity index (χ0n) is 18.6. The molecular formula is C26H44N2. The Morgan fingerprint density at radius 3 is 1.46 bits per heavy atom. The number of benzene rings is 1. The molecule has 0 aromatic heterocycles. The van der Waals surface area contributed by atoms with Gasteiger partial charge in [-0.3, -0.25) is 0 Å². The number of aryl methyl sites for hydroxylation is 2. The summed E-state index contributed by atoms with van der Waals surface area (Å²) in [6, 6.07) is 6.41. The summed E-state index contributed by atoms with van der Waals surface area (Å²) >= 11 is 0. The van der Waals surface area contributed by atoms with Gasteiger partial charge in [-0.25, -0.2) is 0 Å². The normalized spacial score (nSPS) is 18.9. The molecule has 3 rings (SSSR count). The van der Waals surface area contributed by atoms with Gasteiger partial charge < -0.3 is 10.6 Å². The summed E-state index contributed by atoms with van der Waals surface area (Å²) in [5, 5.41) is 7.96. The van der Waals surface area contributed by atoms with Gasteiger partial charge in [-0.2, -0.15) is 0 Å². The van der Waals surface area contributed by atoms with Crippen molar-refractivity contribution in [3.05, 3.63) is 23.3 Å². The minimum absolute atomic E-state index is 0.679. The Morgan fingerprint density at radius 1 is 0.643 bits per heavy atom. The van der Waals surface area contributed by atoms with E-state index >= 15 is 0 Å². The van der Waals surface area contributed by atoms with Gasteiger partial charge in [0, 0.05) is 23.5 Å². The molecule has 0 atom stereocenters. The molecule has 0 aliphatic heterocycles. The minimum Gasteiger partial charge on any atom is -0.382 e. The van der Waals surface area contributed by atoms with Crippen LogP contribution in [-0.4, -0.2) is 12.1 Å². The van der Waals surface area contributed by atoms with Gasteiger partial charge in [0.15, 0.2) is 0 Å².